The fourth-order valence-corrected chi connectivity index (χ4v) is 2.41. The number of nitrogens with one attached hydrogen (secondary N) is 1. The van der Waals surface area contributed by atoms with Gasteiger partial charge in [0, 0.05) is 17.8 Å². The van der Waals surface area contributed by atoms with Crippen LogP contribution in [-0.4, -0.2) is 6.54 Å². The molecule has 1 aromatic rings. The van der Waals surface area contributed by atoms with Gasteiger partial charge in [-0.1, -0.05) is 51.9 Å². The Morgan fingerprint density at radius 3 is 2.29 bits per heavy atom. The number of rotatable bonds is 10. The molecule has 0 saturated carbocycles. The number of hydrogen-bond donors (Lipinski definition) is 1. The van der Waals surface area contributed by atoms with Crippen molar-refractivity contribution in [3.63, 3.8) is 0 Å². The normalized spacial score (nSPS) is 10.4. The maximum Gasteiger partial charge on any atom is 0.129 e. The summed E-state index contributed by atoms with van der Waals surface area (Å²) in [4.78, 5) is 0. The topological polar surface area (TPSA) is 35.8 Å². The third kappa shape index (κ3) is 6.62. The summed E-state index contributed by atoms with van der Waals surface area (Å²) in [6, 6.07) is 5.00. The van der Waals surface area contributed by atoms with Crippen molar-refractivity contribution < 1.29 is 4.39 Å². The maximum atomic E-state index is 13.6. The molecule has 0 aromatic heterocycles. The highest BCUT2D eigenvalue weighted by Crippen LogP contribution is 2.20. The molecule has 0 radical (unpaired) electrons. The molecule has 0 spiro atoms. The van der Waals surface area contributed by atoms with Crippen LogP contribution in [0, 0.1) is 24.1 Å². The van der Waals surface area contributed by atoms with E-state index in [2.05, 4.69) is 12.2 Å². The van der Waals surface area contributed by atoms with E-state index in [-0.39, 0.29) is 5.82 Å². The minimum Gasteiger partial charge on any atom is -0.385 e. The van der Waals surface area contributed by atoms with Crippen LogP contribution >= 0.6 is 0 Å². The number of hydrogen-bond acceptors (Lipinski definition) is 2. The monoisotopic (exact) mass is 290 g/mol. The largest absolute Gasteiger partial charge is 0.385 e. The fraction of sp³-hybridized carbons (Fsp3) is 0.611. The van der Waals surface area contributed by atoms with Crippen LogP contribution in [-0.2, 0) is 0 Å². The second kappa shape index (κ2) is 10.2. The highest BCUT2D eigenvalue weighted by molar-refractivity contribution is 5.55. The van der Waals surface area contributed by atoms with E-state index >= 15 is 0 Å². The second-order valence-electron chi connectivity index (χ2n) is 5.64. The Morgan fingerprint density at radius 1 is 1.05 bits per heavy atom. The lowest BCUT2D eigenvalue weighted by Crippen LogP contribution is -2.04. The minimum atomic E-state index is -0.313. The molecule has 0 aliphatic carbocycles. The number of benzene rings is 1. The van der Waals surface area contributed by atoms with Crippen molar-refractivity contribution in [1.29, 1.82) is 5.26 Å². The lowest BCUT2D eigenvalue weighted by atomic mass is 10.1. The predicted molar refractivity (Wildman–Crippen MR) is 87.0 cm³/mol. The van der Waals surface area contributed by atoms with Gasteiger partial charge in [0.05, 0.1) is 11.6 Å². The third-order valence-corrected chi connectivity index (χ3v) is 3.82. The quantitative estimate of drug-likeness (QED) is 0.573. The maximum absolute atomic E-state index is 13.6. The van der Waals surface area contributed by atoms with Crippen molar-refractivity contribution >= 4 is 5.69 Å². The Labute approximate surface area is 128 Å². The van der Waals surface area contributed by atoms with Crippen LogP contribution in [0.5, 0.6) is 0 Å². The molecule has 21 heavy (non-hydrogen) atoms. The average Bonchev–Trinajstić information content (AvgIpc) is 2.49. The summed E-state index contributed by atoms with van der Waals surface area (Å²) in [5.74, 6) is -0.313. The molecule has 0 fully saturated rings. The molecular weight excluding hydrogens is 263 g/mol. The van der Waals surface area contributed by atoms with Crippen molar-refractivity contribution in [3.05, 3.63) is 29.1 Å². The predicted octanol–water partition coefficient (Wildman–Crippen LogP) is 5.56. The van der Waals surface area contributed by atoms with Gasteiger partial charge >= 0.3 is 0 Å². The Hall–Kier alpha value is -1.56. The van der Waals surface area contributed by atoms with E-state index < -0.39 is 0 Å². The molecular formula is C18H27FN2. The van der Waals surface area contributed by atoms with Crippen molar-refractivity contribution in [2.45, 2.75) is 65.2 Å². The van der Waals surface area contributed by atoms with E-state index in [4.69, 9.17) is 5.26 Å². The smallest absolute Gasteiger partial charge is 0.129 e. The Morgan fingerprint density at radius 2 is 1.67 bits per heavy atom. The molecule has 1 aromatic carbocycles. The summed E-state index contributed by atoms with van der Waals surface area (Å²) in [6.07, 6.45) is 10.2. The molecule has 0 atom stereocenters. The summed E-state index contributed by atoms with van der Waals surface area (Å²) in [7, 11) is 0. The first kappa shape index (κ1) is 17.5. The van der Waals surface area contributed by atoms with Crippen molar-refractivity contribution in [2.24, 2.45) is 0 Å². The van der Waals surface area contributed by atoms with Crippen molar-refractivity contribution in [3.8, 4) is 6.07 Å². The van der Waals surface area contributed by atoms with Gasteiger partial charge in [0.25, 0.3) is 0 Å². The Balaban J connectivity index is 2.21. The zero-order valence-corrected chi connectivity index (χ0v) is 13.3. The molecule has 2 nitrogen and oxygen atoms in total. The highest BCUT2D eigenvalue weighted by Gasteiger charge is 2.06. The van der Waals surface area contributed by atoms with Crippen molar-refractivity contribution in [1.82, 2.24) is 0 Å². The second-order valence-corrected chi connectivity index (χ2v) is 5.64. The van der Waals surface area contributed by atoms with Crippen LogP contribution in [0.4, 0.5) is 10.1 Å². The summed E-state index contributed by atoms with van der Waals surface area (Å²) >= 11 is 0. The van der Waals surface area contributed by atoms with Crippen molar-refractivity contribution in [2.75, 3.05) is 11.9 Å². The molecule has 0 amide bonds. The summed E-state index contributed by atoms with van der Waals surface area (Å²) in [6.45, 7) is 4.81. The summed E-state index contributed by atoms with van der Waals surface area (Å²) in [5, 5.41) is 12.1. The number of anilines is 1. The van der Waals surface area contributed by atoms with Crippen LogP contribution in [0.2, 0.25) is 0 Å². The van der Waals surface area contributed by atoms with E-state index in [1.165, 1.54) is 51.0 Å². The number of unbranched alkanes of at least 4 members (excludes halogenated alkanes) is 7. The van der Waals surface area contributed by atoms with Crippen LogP contribution in [0.15, 0.2) is 12.1 Å². The van der Waals surface area contributed by atoms with Gasteiger partial charge in [-0.3, -0.25) is 0 Å². The Kier molecular flexibility index (Phi) is 8.50. The van der Waals surface area contributed by atoms with Gasteiger partial charge in [0.2, 0.25) is 0 Å². The lowest BCUT2D eigenvalue weighted by molar-refractivity contribution is 0.581. The van der Waals surface area contributed by atoms with Gasteiger partial charge in [-0.25, -0.2) is 4.39 Å². The van der Waals surface area contributed by atoms with Gasteiger partial charge < -0.3 is 5.32 Å². The van der Waals surface area contributed by atoms with Crippen LogP contribution in [0.3, 0.4) is 0 Å². The highest BCUT2D eigenvalue weighted by atomic mass is 19.1. The SMILES string of the molecule is CCCCCCCCCCNc1cc(C#N)cc(F)c1C. The van der Waals surface area contributed by atoms with Gasteiger partial charge in [-0.05, 0) is 25.5 Å². The molecule has 0 aliphatic heterocycles. The van der Waals surface area contributed by atoms with E-state index in [9.17, 15) is 4.39 Å². The average molecular weight is 290 g/mol. The number of nitrogens with zero attached hydrogens (tertiary/aromatic N) is 1. The molecule has 0 aliphatic rings. The van der Waals surface area contributed by atoms with Gasteiger partial charge in [-0.15, -0.1) is 0 Å². The van der Waals surface area contributed by atoms with E-state index in [1.807, 2.05) is 6.07 Å². The zero-order chi connectivity index (χ0) is 15.5. The van der Waals surface area contributed by atoms with E-state index in [1.54, 1.807) is 13.0 Å². The first-order valence-electron chi connectivity index (χ1n) is 8.13. The van der Waals surface area contributed by atoms with Gasteiger partial charge in [-0.2, -0.15) is 5.26 Å². The lowest BCUT2D eigenvalue weighted by Gasteiger charge is -2.10. The van der Waals surface area contributed by atoms with E-state index in [0.29, 0.717) is 11.1 Å². The summed E-state index contributed by atoms with van der Waals surface area (Å²) < 4.78 is 13.6. The number of halogens is 1. The Bertz CT molecular complexity index is 463. The fourth-order valence-electron chi connectivity index (χ4n) is 2.41. The first-order valence-corrected chi connectivity index (χ1v) is 8.13. The van der Waals surface area contributed by atoms with Gasteiger partial charge in [0.1, 0.15) is 5.82 Å². The zero-order valence-electron chi connectivity index (χ0n) is 13.3. The first-order chi connectivity index (χ1) is 10.2. The summed E-state index contributed by atoms with van der Waals surface area (Å²) in [5.41, 5.74) is 1.71. The molecule has 0 bridgehead atoms. The molecule has 0 unspecified atom stereocenters. The molecule has 116 valence electrons. The number of nitriles is 1. The molecule has 0 saturated heterocycles. The van der Waals surface area contributed by atoms with Gasteiger partial charge in [0.15, 0.2) is 0 Å². The van der Waals surface area contributed by atoms with Crippen LogP contribution in [0.1, 0.15) is 69.4 Å². The van der Waals surface area contributed by atoms with E-state index in [0.717, 1.165) is 18.7 Å². The third-order valence-electron chi connectivity index (χ3n) is 3.82. The molecule has 1 rings (SSSR count). The molecule has 3 heteroatoms. The standard InChI is InChI=1S/C18H27FN2/c1-3-4-5-6-7-8-9-10-11-21-18-13-16(14-20)12-17(19)15(18)2/h12-13,21H,3-11H2,1-2H3. The molecule has 1 N–H and O–H groups in total. The minimum absolute atomic E-state index is 0.313. The molecule has 0 heterocycles. The van der Waals surface area contributed by atoms with Crippen LogP contribution < -0.4 is 5.32 Å². The van der Waals surface area contributed by atoms with Crippen LogP contribution in [0.25, 0.3) is 0 Å².